The molecule has 168 valence electrons. The number of anilines is 2. The van der Waals surface area contributed by atoms with Gasteiger partial charge in [0.2, 0.25) is 0 Å². The lowest BCUT2D eigenvalue weighted by Gasteiger charge is -2.26. The third kappa shape index (κ3) is 4.69. The molecule has 1 aliphatic rings. The van der Waals surface area contributed by atoms with Crippen molar-refractivity contribution < 1.29 is 14.4 Å². The number of benzene rings is 3. The van der Waals surface area contributed by atoms with E-state index in [1.807, 2.05) is 42.5 Å². The standard InChI is InChI=1S/C24H23N5O4/c30-29(31)22-14-20-21(15-23(22)33-12-9-28-7-10-32-11-8-28)25-16-26-24(20)27-19-6-5-17-3-1-2-4-18(17)13-19/h1-6,13-16H,7-12H2,(H,25,26,27). The van der Waals surface area contributed by atoms with E-state index in [2.05, 4.69) is 20.2 Å². The number of nitro benzene ring substituents is 1. The average molecular weight is 445 g/mol. The normalized spacial score (nSPS) is 14.4. The van der Waals surface area contributed by atoms with E-state index in [0.717, 1.165) is 29.5 Å². The Morgan fingerprint density at radius 1 is 1.06 bits per heavy atom. The van der Waals surface area contributed by atoms with Gasteiger partial charge in [0.05, 0.1) is 29.0 Å². The zero-order valence-corrected chi connectivity index (χ0v) is 17.9. The third-order valence-electron chi connectivity index (χ3n) is 5.69. The summed E-state index contributed by atoms with van der Waals surface area (Å²) >= 11 is 0. The molecule has 0 saturated carbocycles. The largest absolute Gasteiger partial charge is 0.485 e. The third-order valence-corrected chi connectivity index (χ3v) is 5.69. The highest BCUT2D eigenvalue weighted by Crippen LogP contribution is 2.35. The van der Waals surface area contributed by atoms with Gasteiger partial charge in [0, 0.05) is 37.5 Å². The Morgan fingerprint density at radius 2 is 1.88 bits per heavy atom. The van der Waals surface area contributed by atoms with Crippen LogP contribution in [0.15, 0.2) is 60.9 Å². The molecule has 1 fully saturated rings. The second-order valence-electron chi connectivity index (χ2n) is 7.81. The van der Waals surface area contributed by atoms with Crippen LogP contribution in [-0.2, 0) is 4.74 Å². The molecule has 2 heterocycles. The Hall–Kier alpha value is -3.82. The van der Waals surface area contributed by atoms with Crippen LogP contribution in [0.5, 0.6) is 5.75 Å². The lowest BCUT2D eigenvalue weighted by molar-refractivity contribution is -0.385. The first-order chi connectivity index (χ1) is 16.2. The number of ether oxygens (including phenoxy) is 2. The van der Waals surface area contributed by atoms with Crippen molar-refractivity contribution >= 4 is 38.9 Å². The van der Waals surface area contributed by atoms with Crippen LogP contribution in [0.1, 0.15) is 0 Å². The molecule has 9 heteroatoms. The number of nitrogens with zero attached hydrogens (tertiary/aromatic N) is 4. The molecular weight excluding hydrogens is 422 g/mol. The summed E-state index contributed by atoms with van der Waals surface area (Å²) in [6.07, 6.45) is 1.44. The quantitative estimate of drug-likeness (QED) is 0.334. The van der Waals surface area contributed by atoms with Gasteiger partial charge in [0.15, 0.2) is 5.75 Å². The summed E-state index contributed by atoms with van der Waals surface area (Å²) in [6, 6.07) is 17.1. The number of aromatic nitrogens is 2. The molecule has 33 heavy (non-hydrogen) atoms. The topological polar surface area (TPSA) is 103 Å². The summed E-state index contributed by atoms with van der Waals surface area (Å²) in [5, 5.41) is 17.8. The van der Waals surface area contributed by atoms with Crippen LogP contribution >= 0.6 is 0 Å². The number of rotatable bonds is 7. The van der Waals surface area contributed by atoms with Gasteiger partial charge in [-0.05, 0) is 22.9 Å². The van der Waals surface area contributed by atoms with E-state index < -0.39 is 4.92 Å². The molecule has 0 spiro atoms. The molecule has 0 aliphatic carbocycles. The molecule has 0 radical (unpaired) electrons. The van der Waals surface area contributed by atoms with E-state index in [-0.39, 0.29) is 11.4 Å². The van der Waals surface area contributed by atoms with Gasteiger partial charge in [-0.1, -0.05) is 30.3 Å². The maximum Gasteiger partial charge on any atom is 0.311 e. The number of fused-ring (bicyclic) bond motifs is 2. The number of hydrogen-bond acceptors (Lipinski definition) is 8. The highest BCUT2D eigenvalue weighted by atomic mass is 16.6. The van der Waals surface area contributed by atoms with Gasteiger partial charge in [0.25, 0.3) is 0 Å². The van der Waals surface area contributed by atoms with E-state index in [9.17, 15) is 10.1 Å². The molecule has 0 bridgehead atoms. The first-order valence-electron chi connectivity index (χ1n) is 10.8. The fraction of sp³-hybridized carbons (Fsp3) is 0.250. The summed E-state index contributed by atoms with van der Waals surface area (Å²) < 4.78 is 11.2. The van der Waals surface area contributed by atoms with Crippen molar-refractivity contribution in [2.45, 2.75) is 0 Å². The predicted molar refractivity (Wildman–Crippen MR) is 126 cm³/mol. The van der Waals surface area contributed by atoms with E-state index in [1.54, 1.807) is 6.07 Å². The Kier molecular flexibility index (Phi) is 5.97. The van der Waals surface area contributed by atoms with Gasteiger partial charge in [-0.15, -0.1) is 0 Å². The van der Waals surface area contributed by atoms with Crippen LogP contribution in [-0.4, -0.2) is 59.2 Å². The van der Waals surface area contributed by atoms with E-state index in [1.165, 1.54) is 12.4 Å². The molecule has 0 unspecified atom stereocenters. The van der Waals surface area contributed by atoms with Crippen molar-refractivity contribution in [2.75, 3.05) is 44.8 Å². The van der Waals surface area contributed by atoms with E-state index >= 15 is 0 Å². The number of morpholine rings is 1. The van der Waals surface area contributed by atoms with Gasteiger partial charge in [-0.2, -0.15) is 0 Å². The molecule has 0 atom stereocenters. The minimum atomic E-state index is -0.434. The van der Waals surface area contributed by atoms with Gasteiger partial charge < -0.3 is 14.8 Å². The van der Waals surface area contributed by atoms with Crippen molar-refractivity contribution in [3.63, 3.8) is 0 Å². The summed E-state index contributed by atoms with van der Waals surface area (Å²) in [5.41, 5.74) is 1.29. The molecule has 1 aromatic heterocycles. The summed E-state index contributed by atoms with van der Waals surface area (Å²) in [4.78, 5) is 22.2. The summed E-state index contributed by atoms with van der Waals surface area (Å²) in [5.74, 6) is 0.703. The first-order valence-corrected chi connectivity index (χ1v) is 10.8. The van der Waals surface area contributed by atoms with Crippen molar-refractivity contribution in [3.05, 3.63) is 71.0 Å². The molecule has 3 aromatic carbocycles. The van der Waals surface area contributed by atoms with Crippen molar-refractivity contribution in [1.82, 2.24) is 14.9 Å². The molecule has 5 rings (SSSR count). The Labute approximate surface area is 190 Å². The maximum absolute atomic E-state index is 11.8. The minimum absolute atomic E-state index is 0.110. The smallest absolute Gasteiger partial charge is 0.311 e. The van der Waals surface area contributed by atoms with Crippen LogP contribution in [0, 0.1) is 10.1 Å². The molecule has 9 nitrogen and oxygen atoms in total. The minimum Gasteiger partial charge on any atom is -0.485 e. The highest BCUT2D eigenvalue weighted by molar-refractivity contribution is 5.95. The lowest BCUT2D eigenvalue weighted by Crippen LogP contribution is -2.38. The Morgan fingerprint density at radius 3 is 2.70 bits per heavy atom. The van der Waals surface area contributed by atoms with Crippen LogP contribution in [0.4, 0.5) is 17.2 Å². The second-order valence-corrected chi connectivity index (χ2v) is 7.81. The molecule has 1 saturated heterocycles. The zero-order valence-electron chi connectivity index (χ0n) is 17.9. The lowest BCUT2D eigenvalue weighted by atomic mass is 10.1. The van der Waals surface area contributed by atoms with Crippen LogP contribution in [0.3, 0.4) is 0 Å². The summed E-state index contributed by atoms with van der Waals surface area (Å²) in [7, 11) is 0. The van der Waals surface area contributed by atoms with Gasteiger partial charge >= 0.3 is 5.69 Å². The van der Waals surface area contributed by atoms with Gasteiger partial charge in [-0.25, -0.2) is 9.97 Å². The Balaban J connectivity index is 1.41. The van der Waals surface area contributed by atoms with Gasteiger partial charge in [-0.3, -0.25) is 15.0 Å². The summed E-state index contributed by atoms with van der Waals surface area (Å²) in [6.45, 7) is 4.08. The van der Waals surface area contributed by atoms with Crippen molar-refractivity contribution in [2.24, 2.45) is 0 Å². The van der Waals surface area contributed by atoms with Gasteiger partial charge in [0.1, 0.15) is 18.8 Å². The SMILES string of the molecule is O=[N+]([O-])c1cc2c(Nc3ccc4ccccc4c3)ncnc2cc1OCCN1CCOCC1. The molecule has 4 aromatic rings. The first kappa shape index (κ1) is 21.0. The Bertz CT molecular complexity index is 1310. The fourth-order valence-electron chi connectivity index (χ4n) is 3.94. The van der Waals surface area contributed by atoms with Crippen LogP contribution in [0.2, 0.25) is 0 Å². The molecule has 1 aliphatic heterocycles. The average Bonchev–Trinajstić information content (AvgIpc) is 2.84. The highest BCUT2D eigenvalue weighted by Gasteiger charge is 2.20. The van der Waals surface area contributed by atoms with Crippen molar-refractivity contribution in [3.8, 4) is 5.75 Å². The fourth-order valence-corrected chi connectivity index (χ4v) is 3.94. The molecule has 1 N–H and O–H groups in total. The second kappa shape index (κ2) is 9.35. The number of hydrogen-bond donors (Lipinski definition) is 1. The monoisotopic (exact) mass is 445 g/mol. The van der Waals surface area contributed by atoms with Crippen molar-refractivity contribution in [1.29, 1.82) is 0 Å². The molecule has 0 amide bonds. The van der Waals surface area contributed by atoms with Crippen LogP contribution in [0.25, 0.3) is 21.7 Å². The molecular formula is C24H23N5O4. The van der Waals surface area contributed by atoms with E-state index in [0.29, 0.717) is 43.1 Å². The van der Waals surface area contributed by atoms with E-state index in [4.69, 9.17) is 9.47 Å². The van der Waals surface area contributed by atoms with Crippen LogP contribution < -0.4 is 10.1 Å². The number of nitrogens with one attached hydrogen (secondary N) is 1. The zero-order chi connectivity index (χ0) is 22.6. The number of nitro groups is 1. The maximum atomic E-state index is 11.8. The predicted octanol–water partition coefficient (Wildman–Crippen LogP) is 4.15.